The van der Waals surface area contributed by atoms with Crippen LogP contribution >= 0.6 is 34.8 Å². The maximum Gasteiger partial charge on any atom is 0.258 e. The number of carbonyl (C=O) groups excluding carboxylic acids is 2. The molecule has 0 aliphatic heterocycles. The van der Waals surface area contributed by atoms with E-state index in [4.69, 9.17) is 39.5 Å². The van der Waals surface area contributed by atoms with Crippen molar-refractivity contribution in [2.24, 2.45) is 5.41 Å². The lowest BCUT2D eigenvalue weighted by Crippen LogP contribution is -2.78. The summed E-state index contributed by atoms with van der Waals surface area (Å²) in [6.07, 6.45) is 1.90. The molecule has 3 aliphatic carbocycles. The van der Waals surface area contributed by atoms with E-state index in [0.717, 1.165) is 5.56 Å². The number of aryl methyl sites for hydroxylation is 1. The van der Waals surface area contributed by atoms with Crippen molar-refractivity contribution in [3.63, 3.8) is 0 Å². The normalized spacial score (nSPS) is 23.7. The van der Waals surface area contributed by atoms with Gasteiger partial charge >= 0.3 is 0 Å². The topological polar surface area (TPSA) is 67.4 Å². The SMILES string of the molecule is Cc1cc(OCC(=O)NC23CC(C(=O)NCc4c(Cl)cccc4Cl)(C2)C3)ccc1Cl. The van der Waals surface area contributed by atoms with Crippen LogP contribution < -0.4 is 15.4 Å². The van der Waals surface area contributed by atoms with Crippen LogP contribution in [0.15, 0.2) is 36.4 Å². The van der Waals surface area contributed by atoms with Gasteiger partial charge in [0, 0.05) is 32.7 Å². The molecule has 2 N–H and O–H groups in total. The summed E-state index contributed by atoms with van der Waals surface area (Å²) in [4.78, 5) is 24.9. The Labute approximate surface area is 190 Å². The molecule has 3 fully saturated rings. The van der Waals surface area contributed by atoms with E-state index in [2.05, 4.69) is 10.6 Å². The molecule has 0 saturated heterocycles. The van der Waals surface area contributed by atoms with Gasteiger partial charge in [-0.1, -0.05) is 40.9 Å². The Hall–Kier alpha value is -1.95. The van der Waals surface area contributed by atoms with Crippen molar-refractivity contribution in [2.75, 3.05) is 6.61 Å². The van der Waals surface area contributed by atoms with E-state index in [1.54, 1.807) is 36.4 Å². The highest BCUT2D eigenvalue weighted by Crippen LogP contribution is 2.67. The largest absolute Gasteiger partial charge is 0.484 e. The summed E-state index contributed by atoms with van der Waals surface area (Å²) in [6.45, 7) is 2.08. The Morgan fingerprint density at radius 2 is 1.70 bits per heavy atom. The molecule has 0 aromatic heterocycles. The lowest BCUT2D eigenvalue weighted by molar-refractivity contribution is -0.184. The van der Waals surface area contributed by atoms with Gasteiger partial charge in [-0.05, 0) is 62.1 Å². The summed E-state index contributed by atoms with van der Waals surface area (Å²) in [5.41, 5.74) is 0.892. The molecule has 0 atom stereocenters. The molecule has 8 heteroatoms. The van der Waals surface area contributed by atoms with Gasteiger partial charge in [-0.2, -0.15) is 0 Å². The summed E-state index contributed by atoms with van der Waals surface area (Å²) >= 11 is 18.3. The van der Waals surface area contributed by atoms with Crippen molar-refractivity contribution in [1.29, 1.82) is 0 Å². The summed E-state index contributed by atoms with van der Waals surface area (Å²) < 4.78 is 5.54. The van der Waals surface area contributed by atoms with E-state index < -0.39 is 5.41 Å². The first-order valence-electron chi connectivity index (χ1n) is 9.63. The van der Waals surface area contributed by atoms with E-state index in [1.807, 2.05) is 6.92 Å². The molecule has 0 radical (unpaired) electrons. The highest BCUT2D eigenvalue weighted by molar-refractivity contribution is 6.36. The molecule has 3 aliphatic rings. The van der Waals surface area contributed by atoms with E-state index in [9.17, 15) is 9.59 Å². The Morgan fingerprint density at radius 1 is 1.03 bits per heavy atom. The second-order valence-electron chi connectivity index (χ2n) is 8.22. The number of hydrogen-bond donors (Lipinski definition) is 2. The van der Waals surface area contributed by atoms with Crippen LogP contribution in [0.3, 0.4) is 0 Å². The zero-order valence-electron chi connectivity index (χ0n) is 16.4. The van der Waals surface area contributed by atoms with Crippen molar-refractivity contribution in [2.45, 2.75) is 38.3 Å². The number of carbonyl (C=O) groups is 2. The van der Waals surface area contributed by atoms with Crippen molar-refractivity contribution in [3.05, 3.63) is 62.6 Å². The quantitative estimate of drug-likeness (QED) is 0.621. The molecule has 3 saturated carbocycles. The molecule has 30 heavy (non-hydrogen) atoms. The monoisotopic (exact) mass is 466 g/mol. The highest BCUT2D eigenvalue weighted by atomic mass is 35.5. The zero-order valence-corrected chi connectivity index (χ0v) is 18.6. The Balaban J connectivity index is 1.23. The minimum absolute atomic E-state index is 0.0255. The number of halogens is 3. The van der Waals surface area contributed by atoms with Crippen LogP contribution in [0.5, 0.6) is 5.75 Å². The number of ether oxygens (including phenoxy) is 1. The molecule has 2 bridgehead atoms. The maximum absolute atomic E-state index is 12.6. The van der Waals surface area contributed by atoms with Crippen molar-refractivity contribution in [1.82, 2.24) is 10.6 Å². The van der Waals surface area contributed by atoms with Crippen LogP contribution in [0.25, 0.3) is 0 Å². The lowest BCUT2D eigenvalue weighted by Gasteiger charge is -2.69. The van der Waals surface area contributed by atoms with Gasteiger partial charge in [-0.25, -0.2) is 0 Å². The smallest absolute Gasteiger partial charge is 0.258 e. The maximum atomic E-state index is 12.6. The fourth-order valence-electron chi connectivity index (χ4n) is 4.41. The standard InChI is InChI=1S/C22H21Cl3N2O3/c1-13-7-14(5-6-16(13)23)30-9-19(28)27-22-10-21(11-22,12-22)20(29)26-8-15-17(24)3-2-4-18(15)25/h2-7H,8-12H2,1H3,(H,26,29)(H,27,28). The second-order valence-corrected chi connectivity index (χ2v) is 9.44. The molecule has 5 nitrogen and oxygen atoms in total. The molecular weight excluding hydrogens is 447 g/mol. The van der Waals surface area contributed by atoms with Gasteiger partial charge in [-0.15, -0.1) is 0 Å². The molecule has 2 aromatic carbocycles. The minimum atomic E-state index is -0.408. The Bertz CT molecular complexity index is 985. The first kappa shape index (κ1) is 21.3. The zero-order chi connectivity index (χ0) is 21.5. The Kier molecular flexibility index (Phi) is 5.64. The summed E-state index contributed by atoms with van der Waals surface area (Å²) in [5.74, 6) is 0.375. The average molecular weight is 468 g/mol. The summed E-state index contributed by atoms with van der Waals surface area (Å²) in [5, 5.41) is 7.66. The summed E-state index contributed by atoms with van der Waals surface area (Å²) in [7, 11) is 0. The molecule has 0 heterocycles. The third-order valence-corrected chi connectivity index (χ3v) is 7.04. The molecule has 5 rings (SSSR count). The van der Waals surface area contributed by atoms with E-state index in [-0.39, 0.29) is 30.5 Å². The minimum Gasteiger partial charge on any atom is -0.484 e. The third kappa shape index (κ3) is 3.98. The first-order chi connectivity index (χ1) is 14.2. The van der Waals surface area contributed by atoms with Gasteiger partial charge in [0.15, 0.2) is 6.61 Å². The van der Waals surface area contributed by atoms with Crippen molar-refractivity contribution >= 4 is 46.6 Å². The average Bonchev–Trinajstić information content (AvgIpc) is 2.64. The lowest BCUT2D eigenvalue weighted by atomic mass is 9.39. The fraction of sp³-hybridized carbons (Fsp3) is 0.364. The second kappa shape index (κ2) is 7.95. The van der Waals surface area contributed by atoms with Crippen LogP contribution in [0.4, 0.5) is 0 Å². The van der Waals surface area contributed by atoms with Gasteiger partial charge in [0.1, 0.15) is 5.75 Å². The molecule has 2 amide bonds. The van der Waals surface area contributed by atoms with Gasteiger partial charge in [0.05, 0.1) is 5.41 Å². The van der Waals surface area contributed by atoms with E-state index in [0.29, 0.717) is 45.6 Å². The molecule has 0 unspecified atom stereocenters. The van der Waals surface area contributed by atoms with Crippen LogP contribution in [0.1, 0.15) is 30.4 Å². The number of amides is 2. The van der Waals surface area contributed by atoms with Crippen LogP contribution in [-0.4, -0.2) is 24.0 Å². The molecule has 158 valence electrons. The molecule has 2 aromatic rings. The molecule has 0 spiro atoms. The summed E-state index contributed by atoms with van der Waals surface area (Å²) in [6, 6.07) is 10.5. The predicted octanol–water partition coefficient (Wildman–Crippen LogP) is 4.69. The number of nitrogens with one attached hydrogen (secondary N) is 2. The van der Waals surface area contributed by atoms with E-state index in [1.165, 1.54) is 0 Å². The van der Waals surface area contributed by atoms with Gasteiger partial charge in [0.2, 0.25) is 5.91 Å². The Morgan fingerprint density at radius 3 is 2.33 bits per heavy atom. The van der Waals surface area contributed by atoms with Gasteiger partial charge in [-0.3, -0.25) is 9.59 Å². The molecular formula is C22H21Cl3N2O3. The van der Waals surface area contributed by atoms with Crippen LogP contribution in [0.2, 0.25) is 15.1 Å². The number of hydrogen-bond acceptors (Lipinski definition) is 3. The predicted molar refractivity (Wildman–Crippen MR) is 117 cm³/mol. The fourth-order valence-corrected chi connectivity index (χ4v) is 5.06. The van der Waals surface area contributed by atoms with Crippen molar-refractivity contribution < 1.29 is 14.3 Å². The number of benzene rings is 2. The van der Waals surface area contributed by atoms with Crippen molar-refractivity contribution in [3.8, 4) is 5.75 Å². The van der Waals surface area contributed by atoms with Crippen LogP contribution in [0, 0.1) is 12.3 Å². The first-order valence-corrected chi connectivity index (χ1v) is 10.8. The van der Waals surface area contributed by atoms with Crippen LogP contribution in [-0.2, 0) is 16.1 Å². The highest BCUT2D eigenvalue weighted by Gasteiger charge is 2.72. The third-order valence-electron chi connectivity index (χ3n) is 5.90. The van der Waals surface area contributed by atoms with Gasteiger partial charge in [0.25, 0.3) is 5.91 Å². The number of rotatable bonds is 7. The van der Waals surface area contributed by atoms with E-state index >= 15 is 0 Å². The van der Waals surface area contributed by atoms with Gasteiger partial charge < -0.3 is 15.4 Å².